The molecular formula is C18H23NO6. The Morgan fingerprint density at radius 1 is 1.24 bits per heavy atom. The van der Waals surface area contributed by atoms with E-state index >= 15 is 0 Å². The second-order valence-electron chi connectivity index (χ2n) is 7.92. The van der Waals surface area contributed by atoms with Gasteiger partial charge in [-0.2, -0.15) is 0 Å². The maximum atomic E-state index is 13.4. The molecule has 3 fully saturated rings. The van der Waals surface area contributed by atoms with Gasteiger partial charge in [0.2, 0.25) is 5.78 Å². The minimum Gasteiger partial charge on any atom is -0.345 e. The third-order valence-electron chi connectivity index (χ3n) is 7.00. The lowest BCUT2D eigenvalue weighted by molar-refractivity contribution is -0.324. The van der Waals surface area contributed by atoms with Gasteiger partial charge in [0, 0.05) is 20.6 Å². The Morgan fingerprint density at radius 2 is 1.92 bits per heavy atom. The molecule has 1 saturated heterocycles. The predicted molar refractivity (Wildman–Crippen MR) is 85.0 cm³/mol. The standard InChI is InChI=1S/C18H23NO6/c1-16(2)10-7-8-17(16,12(20)9-10)15(22)19-11-5-6-13(25-19)18(23-3,24-4)14(11)21/h5-6,10-11,13H,7-9H2,1-4H3/t10?,11?,13?,17-/m0/s1. The molecule has 3 unspecified atom stereocenters. The number of hydrogen-bond donors (Lipinski definition) is 0. The zero-order valence-corrected chi connectivity index (χ0v) is 14.9. The van der Waals surface area contributed by atoms with Crippen LogP contribution in [0.2, 0.25) is 0 Å². The van der Waals surface area contributed by atoms with Crippen molar-refractivity contribution in [2.75, 3.05) is 14.2 Å². The van der Waals surface area contributed by atoms with E-state index in [4.69, 9.17) is 14.3 Å². The average Bonchev–Trinajstić information content (AvgIpc) is 2.97. The molecule has 136 valence electrons. The van der Waals surface area contributed by atoms with Gasteiger partial charge in [-0.15, -0.1) is 0 Å². The van der Waals surface area contributed by atoms with Crippen LogP contribution < -0.4 is 0 Å². The van der Waals surface area contributed by atoms with Crippen molar-refractivity contribution in [2.45, 2.75) is 51.0 Å². The molecule has 0 aromatic carbocycles. The number of hydrogen-bond acceptors (Lipinski definition) is 6. The summed E-state index contributed by atoms with van der Waals surface area (Å²) in [7, 11) is 2.74. The van der Waals surface area contributed by atoms with Crippen molar-refractivity contribution in [1.82, 2.24) is 5.06 Å². The van der Waals surface area contributed by atoms with Crippen molar-refractivity contribution in [1.29, 1.82) is 0 Å². The number of ketones is 2. The van der Waals surface area contributed by atoms with Crippen LogP contribution in [0.4, 0.5) is 0 Å². The van der Waals surface area contributed by atoms with Crippen LogP contribution in [0.3, 0.4) is 0 Å². The number of carbonyl (C=O) groups is 3. The molecule has 3 aliphatic carbocycles. The number of ether oxygens (including phenoxy) is 2. The highest BCUT2D eigenvalue weighted by molar-refractivity contribution is 6.11. The lowest BCUT2D eigenvalue weighted by Crippen LogP contribution is -2.71. The summed E-state index contributed by atoms with van der Waals surface area (Å²) in [6, 6.07) is -0.949. The molecule has 7 nitrogen and oxygen atoms in total. The first kappa shape index (κ1) is 16.9. The zero-order chi connectivity index (χ0) is 18.2. The van der Waals surface area contributed by atoms with Crippen molar-refractivity contribution >= 4 is 17.5 Å². The van der Waals surface area contributed by atoms with E-state index in [-0.39, 0.29) is 11.7 Å². The molecule has 7 heteroatoms. The maximum absolute atomic E-state index is 13.4. The van der Waals surface area contributed by atoms with Gasteiger partial charge in [-0.1, -0.05) is 19.9 Å². The number of fused-ring (bicyclic) bond motifs is 4. The summed E-state index contributed by atoms with van der Waals surface area (Å²) in [5.74, 6) is -2.18. The number of amides is 1. The van der Waals surface area contributed by atoms with Crippen LogP contribution >= 0.6 is 0 Å². The number of methoxy groups -OCH3 is 2. The van der Waals surface area contributed by atoms with E-state index in [1.165, 1.54) is 14.2 Å². The van der Waals surface area contributed by atoms with Crippen molar-refractivity contribution in [2.24, 2.45) is 16.7 Å². The second-order valence-corrected chi connectivity index (χ2v) is 7.92. The average molecular weight is 349 g/mol. The Balaban J connectivity index is 1.72. The summed E-state index contributed by atoms with van der Waals surface area (Å²) < 4.78 is 10.6. The predicted octanol–water partition coefficient (Wildman–Crippen LogP) is 1.02. The van der Waals surface area contributed by atoms with Gasteiger partial charge in [0.1, 0.15) is 17.2 Å². The number of rotatable bonds is 3. The highest BCUT2D eigenvalue weighted by Gasteiger charge is 2.71. The number of nitrogens with zero attached hydrogens (tertiary/aromatic N) is 1. The van der Waals surface area contributed by atoms with Gasteiger partial charge in [-0.05, 0) is 30.3 Å². The quantitative estimate of drug-likeness (QED) is 0.430. The van der Waals surface area contributed by atoms with E-state index in [1.54, 1.807) is 12.2 Å². The van der Waals surface area contributed by atoms with E-state index in [2.05, 4.69) is 0 Å². The van der Waals surface area contributed by atoms with Crippen LogP contribution in [-0.2, 0) is 28.7 Å². The number of hydroxylamine groups is 2. The minimum absolute atomic E-state index is 0.0371. The number of carbonyl (C=O) groups excluding carboxylic acids is 3. The summed E-state index contributed by atoms with van der Waals surface area (Å²) in [4.78, 5) is 44.8. The van der Waals surface area contributed by atoms with Gasteiger partial charge >= 0.3 is 0 Å². The molecule has 0 N–H and O–H groups in total. The van der Waals surface area contributed by atoms with Gasteiger partial charge in [-0.3, -0.25) is 19.2 Å². The molecule has 0 radical (unpaired) electrons. The fraction of sp³-hybridized carbons (Fsp3) is 0.722. The van der Waals surface area contributed by atoms with Crippen molar-refractivity contribution < 1.29 is 28.7 Å². The molecule has 4 atom stereocenters. The molecule has 2 heterocycles. The van der Waals surface area contributed by atoms with Crippen LogP contribution in [0.1, 0.15) is 33.1 Å². The Kier molecular flexibility index (Phi) is 3.37. The van der Waals surface area contributed by atoms with Crippen molar-refractivity contribution in [3.05, 3.63) is 12.2 Å². The second kappa shape index (κ2) is 4.99. The molecule has 4 bridgehead atoms. The van der Waals surface area contributed by atoms with Crippen LogP contribution in [0.5, 0.6) is 0 Å². The summed E-state index contributed by atoms with van der Waals surface area (Å²) in [5, 5.41) is 1.09. The fourth-order valence-electron chi connectivity index (χ4n) is 5.30. The molecule has 2 aliphatic heterocycles. The Bertz CT molecular complexity index is 694. The Hall–Kier alpha value is -1.57. The minimum atomic E-state index is -1.55. The first-order chi connectivity index (χ1) is 11.8. The van der Waals surface area contributed by atoms with Gasteiger partial charge in [-0.25, -0.2) is 5.06 Å². The van der Waals surface area contributed by atoms with Gasteiger partial charge < -0.3 is 9.47 Å². The molecule has 5 aliphatic rings. The molecule has 5 rings (SSSR count). The first-order valence-corrected chi connectivity index (χ1v) is 8.63. The van der Waals surface area contributed by atoms with Crippen molar-refractivity contribution in [3.63, 3.8) is 0 Å². The van der Waals surface area contributed by atoms with Gasteiger partial charge in [0.15, 0.2) is 6.10 Å². The van der Waals surface area contributed by atoms with E-state index in [0.29, 0.717) is 12.8 Å². The first-order valence-electron chi connectivity index (χ1n) is 8.63. The monoisotopic (exact) mass is 349 g/mol. The smallest absolute Gasteiger partial charge is 0.264 e. The third kappa shape index (κ3) is 1.69. The van der Waals surface area contributed by atoms with Crippen LogP contribution in [0.15, 0.2) is 12.2 Å². The molecular weight excluding hydrogens is 326 g/mol. The summed E-state index contributed by atoms with van der Waals surface area (Å²) >= 11 is 0. The highest BCUT2D eigenvalue weighted by atomic mass is 16.8. The lowest BCUT2D eigenvalue weighted by Gasteiger charge is -2.50. The topological polar surface area (TPSA) is 82.1 Å². The zero-order valence-electron chi connectivity index (χ0n) is 14.9. The fourth-order valence-corrected chi connectivity index (χ4v) is 5.30. The van der Waals surface area contributed by atoms with Crippen LogP contribution in [0.25, 0.3) is 0 Å². The van der Waals surface area contributed by atoms with Crippen LogP contribution in [0, 0.1) is 16.7 Å². The lowest BCUT2D eigenvalue weighted by atomic mass is 9.68. The van der Waals surface area contributed by atoms with E-state index in [1.807, 2.05) is 13.8 Å². The third-order valence-corrected chi connectivity index (χ3v) is 7.00. The summed E-state index contributed by atoms with van der Waals surface area (Å²) in [6.45, 7) is 3.95. The maximum Gasteiger partial charge on any atom is 0.264 e. The summed E-state index contributed by atoms with van der Waals surface area (Å²) in [6.07, 6.45) is 4.20. The van der Waals surface area contributed by atoms with E-state index < -0.39 is 40.5 Å². The van der Waals surface area contributed by atoms with Gasteiger partial charge in [0.05, 0.1) is 0 Å². The number of Topliss-reactive ketones (excluding diaryl/α,β-unsaturated/α-hetero) is 2. The van der Waals surface area contributed by atoms with Gasteiger partial charge in [0.25, 0.3) is 11.7 Å². The molecule has 0 spiro atoms. The Labute approximate surface area is 146 Å². The molecule has 0 aromatic heterocycles. The molecule has 1 amide bonds. The molecule has 25 heavy (non-hydrogen) atoms. The Morgan fingerprint density at radius 3 is 2.40 bits per heavy atom. The van der Waals surface area contributed by atoms with E-state index in [0.717, 1.165) is 11.5 Å². The molecule has 2 saturated carbocycles. The SMILES string of the molecule is COC1(OC)C(=O)C2C=CC1ON2C(=O)[C@]12CCC(CC1=O)C2(C)C. The highest BCUT2D eigenvalue weighted by Crippen LogP contribution is 2.64. The largest absolute Gasteiger partial charge is 0.345 e. The van der Waals surface area contributed by atoms with Crippen LogP contribution in [-0.4, -0.2) is 54.7 Å². The molecule has 0 aromatic rings. The van der Waals surface area contributed by atoms with Crippen molar-refractivity contribution in [3.8, 4) is 0 Å². The normalized spacial score (nSPS) is 40.2. The van der Waals surface area contributed by atoms with E-state index in [9.17, 15) is 14.4 Å². The summed E-state index contributed by atoms with van der Waals surface area (Å²) in [5.41, 5.74) is -1.54.